The minimum atomic E-state index is 0. The molecule has 2 aliphatic carbocycles. The molecule has 2 unspecified atom stereocenters. The highest BCUT2D eigenvalue weighted by Crippen LogP contribution is 2.54. The van der Waals surface area contributed by atoms with Crippen molar-refractivity contribution in [3.8, 4) is 0 Å². The summed E-state index contributed by atoms with van der Waals surface area (Å²) >= 11 is 0. The fourth-order valence-corrected chi connectivity index (χ4v) is 5.93. The number of hydrogen-bond donors (Lipinski definition) is 3. The average molecular weight is 571 g/mol. The van der Waals surface area contributed by atoms with Crippen LogP contribution in [0.1, 0.15) is 64.4 Å². The van der Waals surface area contributed by atoms with Gasteiger partial charge >= 0.3 is 0 Å². The van der Waals surface area contributed by atoms with Crippen LogP contribution in [0, 0.1) is 11.3 Å². The summed E-state index contributed by atoms with van der Waals surface area (Å²) in [5.74, 6) is 1.40. The molecule has 3 aliphatic rings. The largest absolute Gasteiger partial charge is 0.396 e. The molecular formula is C26H43IN4O2. The zero-order valence-corrected chi connectivity index (χ0v) is 22.7. The topological polar surface area (TPSA) is 69.1 Å². The summed E-state index contributed by atoms with van der Waals surface area (Å²) in [6.45, 7) is 8.97. The number of benzene rings is 1. The molecule has 1 aromatic carbocycles. The van der Waals surface area contributed by atoms with E-state index >= 15 is 0 Å². The lowest BCUT2D eigenvalue weighted by atomic mass is 9.60. The van der Waals surface area contributed by atoms with Crippen LogP contribution in [0.3, 0.4) is 0 Å². The van der Waals surface area contributed by atoms with Crippen LogP contribution in [0.15, 0.2) is 29.3 Å². The van der Waals surface area contributed by atoms with Crippen LogP contribution in [0.4, 0.5) is 5.69 Å². The van der Waals surface area contributed by atoms with E-state index in [2.05, 4.69) is 53.6 Å². The van der Waals surface area contributed by atoms with E-state index in [1.165, 1.54) is 36.9 Å². The molecule has 0 bridgehead atoms. The molecule has 7 heteroatoms. The maximum Gasteiger partial charge on any atom is 0.191 e. The van der Waals surface area contributed by atoms with Gasteiger partial charge in [0.25, 0.3) is 0 Å². The lowest BCUT2D eigenvalue weighted by Gasteiger charge is -2.54. The second-order valence-corrected chi connectivity index (χ2v) is 9.79. The van der Waals surface area contributed by atoms with Crippen LogP contribution in [-0.4, -0.2) is 56.1 Å². The zero-order valence-electron chi connectivity index (χ0n) is 20.4. The molecule has 2 saturated carbocycles. The number of aliphatic imine (C=N–C) groups is 1. The Morgan fingerprint density at radius 1 is 1.15 bits per heavy atom. The Balaban J connectivity index is 0.00000306. The van der Waals surface area contributed by atoms with Crippen molar-refractivity contribution in [2.24, 2.45) is 16.3 Å². The van der Waals surface area contributed by atoms with E-state index in [0.29, 0.717) is 36.6 Å². The molecule has 33 heavy (non-hydrogen) atoms. The van der Waals surface area contributed by atoms with E-state index < -0.39 is 0 Å². The van der Waals surface area contributed by atoms with Crippen molar-refractivity contribution in [3.63, 3.8) is 0 Å². The Labute approximate surface area is 217 Å². The summed E-state index contributed by atoms with van der Waals surface area (Å²) in [6, 6.07) is 9.30. The van der Waals surface area contributed by atoms with Crippen molar-refractivity contribution >= 4 is 35.6 Å². The molecule has 0 amide bonds. The third kappa shape index (κ3) is 6.14. The third-order valence-corrected chi connectivity index (χ3v) is 7.94. The second kappa shape index (κ2) is 12.6. The first-order chi connectivity index (χ1) is 15.7. The molecule has 186 valence electrons. The van der Waals surface area contributed by atoms with Crippen LogP contribution in [-0.2, 0) is 11.3 Å². The smallest absolute Gasteiger partial charge is 0.191 e. The Hall–Kier alpha value is -1.06. The van der Waals surface area contributed by atoms with E-state index in [0.717, 1.165) is 51.5 Å². The summed E-state index contributed by atoms with van der Waals surface area (Å²) in [5, 5.41) is 16.5. The van der Waals surface area contributed by atoms with Gasteiger partial charge in [0, 0.05) is 50.0 Å². The molecule has 4 rings (SSSR count). The van der Waals surface area contributed by atoms with Crippen molar-refractivity contribution in [3.05, 3.63) is 29.8 Å². The SMILES string of the molecule is CCNC(=NCc1ccc(N2CCC(CO)CC2)cc1)NC1CC(OCC)C12CCCC2.I. The summed E-state index contributed by atoms with van der Waals surface area (Å²) < 4.78 is 6.07. The van der Waals surface area contributed by atoms with Crippen LogP contribution < -0.4 is 15.5 Å². The van der Waals surface area contributed by atoms with Gasteiger partial charge < -0.3 is 25.4 Å². The molecule has 3 N–H and O–H groups in total. The first kappa shape index (κ1) is 26.5. The van der Waals surface area contributed by atoms with E-state index in [1.54, 1.807) is 0 Å². The highest BCUT2D eigenvalue weighted by atomic mass is 127. The predicted molar refractivity (Wildman–Crippen MR) is 147 cm³/mol. The fourth-order valence-electron chi connectivity index (χ4n) is 5.93. The first-order valence-electron chi connectivity index (χ1n) is 12.8. The lowest BCUT2D eigenvalue weighted by molar-refractivity contribution is -0.125. The number of ether oxygens (including phenoxy) is 1. The van der Waals surface area contributed by atoms with Crippen LogP contribution in [0.2, 0.25) is 0 Å². The van der Waals surface area contributed by atoms with Crippen LogP contribution in [0.25, 0.3) is 0 Å². The lowest BCUT2D eigenvalue weighted by Crippen LogP contribution is -2.65. The quantitative estimate of drug-likeness (QED) is 0.247. The Morgan fingerprint density at radius 3 is 2.45 bits per heavy atom. The van der Waals surface area contributed by atoms with Gasteiger partial charge in [-0.1, -0.05) is 25.0 Å². The molecule has 1 aliphatic heterocycles. The molecular weight excluding hydrogens is 527 g/mol. The molecule has 0 radical (unpaired) electrons. The monoisotopic (exact) mass is 570 g/mol. The summed E-state index contributed by atoms with van der Waals surface area (Å²) in [5.41, 5.74) is 2.81. The number of aliphatic hydroxyl groups excluding tert-OH is 1. The number of rotatable bonds is 8. The number of piperidine rings is 1. The van der Waals surface area contributed by atoms with Gasteiger partial charge in [-0.05, 0) is 69.6 Å². The molecule has 3 fully saturated rings. The molecule has 6 nitrogen and oxygen atoms in total. The summed E-state index contributed by atoms with van der Waals surface area (Å²) in [7, 11) is 0. The van der Waals surface area contributed by atoms with Gasteiger partial charge in [0.05, 0.1) is 12.6 Å². The molecule has 0 aromatic heterocycles. The maximum absolute atomic E-state index is 9.35. The normalized spacial score (nSPS) is 24.9. The van der Waals surface area contributed by atoms with Gasteiger partial charge in [-0.2, -0.15) is 0 Å². The number of halogens is 1. The Kier molecular flexibility index (Phi) is 10.1. The number of aliphatic hydroxyl groups is 1. The zero-order chi connectivity index (χ0) is 22.4. The van der Waals surface area contributed by atoms with Crippen molar-refractivity contribution < 1.29 is 9.84 Å². The first-order valence-corrected chi connectivity index (χ1v) is 12.8. The third-order valence-electron chi connectivity index (χ3n) is 7.94. The average Bonchev–Trinajstić information content (AvgIpc) is 3.36. The highest BCUT2D eigenvalue weighted by Gasteiger charge is 2.56. The van der Waals surface area contributed by atoms with E-state index in [1.807, 2.05) is 0 Å². The number of anilines is 1. The van der Waals surface area contributed by atoms with Crippen LogP contribution in [0.5, 0.6) is 0 Å². The van der Waals surface area contributed by atoms with Gasteiger partial charge in [-0.15, -0.1) is 24.0 Å². The standard InChI is InChI=1S/C26H42N4O2.HI/c1-3-27-25(29-23-17-24(32-4-2)26(23)13-5-6-14-26)28-18-20-7-9-22(10-8-20)30-15-11-21(19-31)12-16-30;/h7-10,21,23-24,31H,3-6,11-19H2,1-2H3,(H2,27,28,29);1H. The van der Waals surface area contributed by atoms with Crippen molar-refractivity contribution in [1.82, 2.24) is 10.6 Å². The van der Waals surface area contributed by atoms with E-state index in [9.17, 15) is 5.11 Å². The Morgan fingerprint density at radius 2 is 1.85 bits per heavy atom. The minimum Gasteiger partial charge on any atom is -0.396 e. The fraction of sp³-hybridized carbons (Fsp3) is 0.731. The summed E-state index contributed by atoms with van der Waals surface area (Å²) in [4.78, 5) is 7.33. The van der Waals surface area contributed by atoms with Gasteiger partial charge in [-0.25, -0.2) is 4.99 Å². The van der Waals surface area contributed by atoms with Gasteiger partial charge in [0.1, 0.15) is 0 Å². The molecule has 1 aromatic rings. The number of guanidine groups is 1. The highest BCUT2D eigenvalue weighted by molar-refractivity contribution is 14.0. The van der Waals surface area contributed by atoms with E-state index in [4.69, 9.17) is 9.73 Å². The number of nitrogens with one attached hydrogen (secondary N) is 2. The Bertz CT molecular complexity index is 743. The molecule has 1 spiro atoms. The van der Waals surface area contributed by atoms with Gasteiger partial charge in [0.15, 0.2) is 5.96 Å². The predicted octanol–water partition coefficient (Wildman–Crippen LogP) is 4.31. The molecule has 1 heterocycles. The number of hydrogen-bond acceptors (Lipinski definition) is 4. The van der Waals surface area contributed by atoms with Crippen molar-refractivity contribution in [1.29, 1.82) is 0 Å². The van der Waals surface area contributed by atoms with Crippen LogP contribution >= 0.6 is 24.0 Å². The van der Waals surface area contributed by atoms with Crippen molar-refractivity contribution in [2.45, 2.75) is 77.5 Å². The van der Waals surface area contributed by atoms with Gasteiger partial charge in [-0.3, -0.25) is 0 Å². The summed E-state index contributed by atoms with van der Waals surface area (Å²) in [6.07, 6.45) is 8.82. The molecule has 2 atom stereocenters. The minimum absolute atomic E-state index is 0. The van der Waals surface area contributed by atoms with E-state index in [-0.39, 0.29) is 24.0 Å². The second-order valence-electron chi connectivity index (χ2n) is 9.79. The van der Waals surface area contributed by atoms with Crippen molar-refractivity contribution in [2.75, 3.05) is 37.7 Å². The number of nitrogens with zero attached hydrogens (tertiary/aromatic N) is 2. The maximum atomic E-state index is 9.35. The van der Waals surface area contributed by atoms with Gasteiger partial charge in [0.2, 0.25) is 0 Å². The molecule has 1 saturated heterocycles.